The highest BCUT2D eigenvalue weighted by molar-refractivity contribution is 6.33. The number of ketones is 1. The van der Waals surface area contributed by atoms with Crippen LogP contribution in [0.3, 0.4) is 0 Å². The number of carbonyl (C=O) groups excluding carboxylic acids is 1. The Morgan fingerprint density at radius 1 is 1.17 bits per heavy atom. The Morgan fingerprint density at radius 2 is 1.83 bits per heavy atom. The van der Waals surface area contributed by atoms with Crippen LogP contribution in [0.4, 0.5) is 0 Å². The molecule has 0 aromatic carbocycles. The lowest BCUT2D eigenvalue weighted by atomic mass is 10.0. The van der Waals surface area contributed by atoms with E-state index in [0.717, 1.165) is 12.8 Å². The minimum Gasteiger partial charge on any atom is -0.294 e. The predicted octanol–water partition coefficient (Wildman–Crippen LogP) is 5.06. The summed E-state index contributed by atoms with van der Waals surface area (Å²) in [4.78, 5) is 15.8. The number of aromatic nitrogens is 1. The van der Waals surface area contributed by atoms with E-state index in [9.17, 15) is 4.79 Å². The lowest BCUT2D eigenvalue weighted by Crippen LogP contribution is -2.00. The van der Waals surface area contributed by atoms with Crippen LogP contribution in [0, 0.1) is 0 Å². The van der Waals surface area contributed by atoms with Crippen molar-refractivity contribution in [3.05, 3.63) is 29.0 Å². The van der Waals surface area contributed by atoms with Crippen LogP contribution < -0.4 is 0 Å². The Bertz CT molecular complexity index is 365. The van der Waals surface area contributed by atoms with Crippen molar-refractivity contribution in [3.8, 4) is 0 Å². The number of rotatable bonds is 9. The van der Waals surface area contributed by atoms with Crippen LogP contribution in [-0.2, 0) is 0 Å². The van der Waals surface area contributed by atoms with E-state index in [-0.39, 0.29) is 5.78 Å². The van der Waals surface area contributed by atoms with Crippen molar-refractivity contribution < 1.29 is 4.79 Å². The molecule has 0 saturated heterocycles. The Balaban J connectivity index is 2.16. The molecular weight excluding hydrogens is 246 g/mol. The summed E-state index contributed by atoms with van der Waals surface area (Å²) < 4.78 is 0. The molecule has 0 bridgehead atoms. The third-order valence-electron chi connectivity index (χ3n) is 3.08. The number of hydrogen-bond acceptors (Lipinski definition) is 2. The summed E-state index contributed by atoms with van der Waals surface area (Å²) in [6.07, 6.45) is 12.3. The van der Waals surface area contributed by atoms with Gasteiger partial charge in [-0.15, -0.1) is 0 Å². The number of halogens is 1. The van der Waals surface area contributed by atoms with Crippen molar-refractivity contribution in [2.24, 2.45) is 0 Å². The molecule has 2 nitrogen and oxygen atoms in total. The zero-order valence-corrected chi connectivity index (χ0v) is 11.9. The van der Waals surface area contributed by atoms with Crippen molar-refractivity contribution >= 4 is 17.4 Å². The molecule has 0 amide bonds. The molecule has 0 N–H and O–H groups in total. The van der Waals surface area contributed by atoms with Gasteiger partial charge in [0.05, 0.1) is 5.02 Å². The van der Waals surface area contributed by atoms with Gasteiger partial charge in [-0.25, -0.2) is 0 Å². The Labute approximate surface area is 115 Å². The zero-order valence-electron chi connectivity index (χ0n) is 11.1. The van der Waals surface area contributed by atoms with E-state index in [1.54, 1.807) is 12.3 Å². The maximum absolute atomic E-state index is 11.9. The maximum Gasteiger partial charge on any atom is 0.164 e. The van der Waals surface area contributed by atoms with Gasteiger partial charge >= 0.3 is 0 Å². The van der Waals surface area contributed by atoms with Crippen molar-refractivity contribution in [2.75, 3.05) is 0 Å². The summed E-state index contributed by atoms with van der Waals surface area (Å²) in [5.41, 5.74) is 0.609. The normalized spacial score (nSPS) is 10.6. The standard InChI is InChI=1S/C15H22ClNO/c1-2-3-4-5-6-7-8-9-15(18)13-10-11-17-12-14(13)16/h10-12H,2-9H2,1H3. The predicted molar refractivity (Wildman–Crippen MR) is 76.2 cm³/mol. The number of carbonyl (C=O) groups is 1. The number of pyridine rings is 1. The van der Waals surface area contributed by atoms with Crippen molar-refractivity contribution in [2.45, 2.75) is 58.3 Å². The highest BCUT2D eigenvalue weighted by Crippen LogP contribution is 2.17. The first-order valence-electron chi connectivity index (χ1n) is 6.88. The Morgan fingerprint density at radius 3 is 2.50 bits per heavy atom. The number of unbranched alkanes of at least 4 members (excludes halogenated alkanes) is 6. The molecule has 100 valence electrons. The highest BCUT2D eigenvalue weighted by atomic mass is 35.5. The van der Waals surface area contributed by atoms with Gasteiger partial charge in [-0.2, -0.15) is 0 Å². The summed E-state index contributed by atoms with van der Waals surface area (Å²) in [5, 5.41) is 0.463. The second-order valence-electron chi connectivity index (χ2n) is 4.65. The topological polar surface area (TPSA) is 30.0 Å². The zero-order chi connectivity index (χ0) is 13.2. The molecule has 0 saturated carbocycles. The average molecular weight is 268 g/mol. The quantitative estimate of drug-likeness (QED) is 0.462. The molecule has 0 aliphatic rings. The fourth-order valence-electron chi connectivity index (χ4n) is 1.98. The molecule has 0 spiro atoms. The minimum absolute atomic E-state index is 0.135. The third-order valence-corrected chi connectivity index (χ3v) is 3.38. The van der Waals surface area contributed by atoms with Crippen molar-refractivity contribution in [3.63, 3.8) is 0 Å². The van der Waals surface area contributed by atoms with Gasteiger partial charge in [0.15, 0.2) is 5.78 Å². The van der Waals surface area contributed by atoms with Crippen LogP contribution in [0.5, 0.6) is 0 Å². The summed E-state index contributed by atoms with van der Waals surface area (Å²) in [5.74, 6) is 0.135. The van der Waals surface area contributed by atoms with Crippen LogP contribution in [0.15, 0.2) is 18.5 Å². The average Bonchev–Trinajstić information content (AvgIpc) is 2.38. The molecule has 0 unspecified atom stereocenters. The van der Waals surface area contributed by atoms with Gasteiger partial charge in [0.1, 0.15) is 0 Å². The molecule has 0 atom stereocenters. The third kappa shape index (κ3) is 5.63. The second kappa shape index (κ2) is 9.09. The van der Waals surface area contributed by atoms with Crippen LogP contribution in [0.2, 0.25) is 5.02 Å². The molecule has 0 aliphatic heterocycles. The molecule has 1 rings (SSSR count). The summed E-state index contributed by atoms with van der Waals surface area (Å²) in [7, 11) is 0. The van der Waals surface area contributed by atoms with E-state index in [0.29, 0.717) is 17.0 Å². The molecule has 0 aliphatic carbocycles. The summed E-state index contributed by atoms with van der Waals surface area (Å²) in [6.45, 7) is 2.22. The molecule has 1 aromatic heterocycles. The summed E-state index contributed by atoms with van der Waals surface area (Å²) >= 11 is 5.93. The first-order chi connectivity index (χ1) is 8.75. The minimum atomic E-state index is 0.135. The van der Waals surface area contributed by atoms with E-state index >= 15 is 0 Å². The van der Waals surface area contributed by atoms with Crippen molar-refractivity contribution in [1.82, 2.24) is 4.98 Å². The van der Waals surface area contributed by atoms with E-state index in [4.69, 9.17) is 11.6 Å². The molecule has 0 radical (unpaired) electrons. The van der Waals surface area contributed by atoms with E-state index in [1.807, 2.05) is 0 Å². The van der Waals surface area contributed by atoms with Gasteiger partial charge in [-0.1, -0.05) is 57.0 Å². The number of hydrogen-bond donors (Lipinski definition) is 0. The fourth-order valence-corrected chi connectivity index (χ4v) is 2.20. The summed E-state index contributed by atoms with van der Waals surface area (Å²) in [6, 6.07) is 1.70. The smallest absolute Gasteiger partial charge is 0.164 e. The van der Waals surface area contributed by atoms with Crippen LogP contribution in [0.25, 0.3) is 0 Å². The molecule has 18 heavy (non-hydrogen) atoms. The van der Waals surface area contributed by atoms with Crippen LogP contribution in [-0.4, -0.2) is 10.8 Å². The van der Waals surface area contributed by atoms with Gasteiger partial charge in [0, 0.05) is 24.4 Å². The Hall–Kier alpha value is -0.890. The molecule has 1 heterocycles. The first-order valence-corrected chi connectivity index (χ1v) is 7.26. The monoisotopic (exact) mass is 267 g/mol. The number of nitrogens with zero attached hydrogens (tertiary/aromatic N) is 1. The maximum atomic E-state index is 11.9. The SMILES string of the molecule is CCCCCCCCCC(=O)c1ccncc1Cl. The molecular formula is C15H22ClNO. The van der Waals surface area contributed by atoms with E-state index in [2.05, 4.69) is 11.9 Å². The first kappa shape index (κ1) is 15.2. The van der Waals surface area contributed by atoms with Gasteiger partial charge < -0.3 is 0 Å². The number of Topliss-reactive ketones (excluding diaryl/α,β-unsaturated/α-hetero) is 1. The fraction of sp³-hybridized carbons (Fsp3) is 0.600. The Kier molecular flexibility index (Phi) is 7.66. The molecule has 1 aromatic rings. The van der Waals surface area contributed by atoms with Gasteiger partial charge in [0.25, 0.3) is 0 Å². The van der Waals surface area contributed by atoms with Crippen LogP contribution >= 0.6 is 11.6 Å². The molecule has 0 fully saturated rings. The van der Waals surface area contributed by atoms with Crippen molar-refractivity contribution in [1.29, 1.82) is 0 Å². The van der Waals surface area contributed by atoms with E-state index in [1.165, 1.54) is 38.3 Å². The van der Waals surface area contributed by atoms with Gasteiger partial charge in [-0.3, -0.25) is 9.78 Å². The molecule has 3 heteroatoms. The second-order valence-corrected chi connectivity index (χ2v) is 5.06. The van der Waals surface area contributed by atoms with Gasteiger partial charge in [-0.05, 0) is 12.5 Å². The lowest BCUT2D eigenvalue weighted by Gasteiger charge is -2.03. The van der Waals surface area contributed by atoms with Crippen LogP contribution in [0.1, 0.15) is 68.6 Å². The highest BCUT2D eigenvalue weighted by Gasteiger charge is 2.09. The lowest BCUT2D eigenvalue weighted by molar-refractivity contribution is 0.0979. The largest absolute Gasteiger partial charge is 0.294 e. The van der Waals surface area contributed by atoms with Gasteiger partial charge in [0.2, 0.25) is 0 Å². The van der Waals surface area contributed by atoms with E-state index < -0.39 is 0 Å².